The van der Waals surface area contributed by atoms with Crippen molar-refractivity contribution in [1.82, 2.24) is 4.98 Å². The van der Waals surface area contributed by atoms with Crippen LogP contribution in [0.4, 0.5) is 5.82 Å². The van der Waals surface area contributed by atoms with Crippen LogP contribution in [0.1, 0.15) is 32.3 Å². The third-order valence-electron chi connectivity index (χ3n) is 3.74. The second kappa shape index (κ2) is 6.01. The summed E-state index contributed by atoms with van der Waals surface area (Å²) >= 11 is 0. The minimum Gasteiger partial charge on any atom is -0.327 e. The number of rotatable bonds is 1. The van der Waals surface area contributed by atoms with Crippen LogP contribution in [-0.4, -0.2) is 17.4 Å². The molecule has 0 aromatic carbocycles. The zero-order chi connectivity index (χ0) is 14.6. The number of hydrogen-bond donors (Lipinski definition) is 2. The maximum absolute atomic E-state index is 12.0. The lowest BCUT2D eigenvalue weighted by Crippen LogP contribution is -2.31. The molecular weight excluding hydrogens is 250 g/mol. The average molecular weight is 271 g/mol. The molecule has 1 unspecified atom stereocenters. The highest BCUT2D eigenvalue weighted by atomic mass is 16.2. The van der Waals surface area contributed by atoms with E-state index in [4.69, 9.17) is 5.73 Å². The fraction of sp³-hybridized carbons (Fsp3) is 0.375. The molecule has 1 amide bonds. The van der Waals surface area contributed by atoms with Crippen LogP contribution in [0, 0.1) is 0 Å². The number of amides is 1. The van der Waals surface area contributed by atoms with Crippen molar-refractivity contribution in [3.8, 4) is 0 Å². The topological polar surface area (TPSA) is 68.0 Å². The van der Waals surface area contributed by atoms with Crippen molar-refractivity contribution in [3.05, 3.63) is 47.7 Å². The number of nitrogens with one attached hydrogen (secondary N) is 1. The summed E-state index contributed by atoms with van der Waals surface area (Å²) in [5.74, 6) is 0.843. The summed E-state index contributed by atoms with van der Waals surface area (Å²) in [6, 6.07) is 3.90. The fourth-order valence-corrected chi connectivity index (χ4v) is 2.72. The van der Waals surface area contributed by atoms with Gasteiger partial charge in [0, 0.05) is 18.3 Å². The van der Waals surface area contributed by atoms with Gasteiger partial charge in [-0.15, -0.1) is 0 Å². The Hall–Kier alpha value is -1.94. The molecule has 0 bridgehead atoms. The van der Waals surface area contributed by atoms with E-state index in [1.165, 1.54) is 5.57 Å². The smallest absolute Gasteiger partial charge is 0.236 e. The Labute approximate surface area is 119 Å². The number of pyridine rings is 1. The zero-order valence-corrected chi connectivity index (χ0v) is 12.0. The summed E-state index contributed by atoms with van der Waals surface area (Å²) in [6.45, 7) is 4.69. The lowest BCUT2D eigenvalue weighted by Gasteiger charge is -2.20. The van der Waals surface area contributed by atoms with Crippen molar-refractivity contribution in [2.75, 3.05) is 11.9 Å². The molecule has 3 N–H and O–H groups in total. The number of hydrogen-bond acceptors (Lipinski definition) is 3. The third kappa shape index (κ3) is 2.51. The van der Waals surface area contributed by atoms with Crippen molar-refractivity contribution in [2.45, 2.75) is 32.1 Å². The molecule has 1 atom stereocenters. The number of nitrogens with zero attached hydrogens (tertiary/aromatic N) is 1. The molecule has 1 aliphatic carbocycles. The van der Waals surface area contributed by atoms with E-state index >= 15 is 0 Å². The van der Waals surface area contributed by atoms with E-state index in [-0.39, 0.29) is 11.3 Å². The SMILES string of the molecule is C/C=C\CN.CC1=CCC2(C1)C(=O)Nc1ncccc12. The van der Waals surface area contributed by atoms with Crippen LogP contribution < -0.4 is 11.1 Å². The van der Waals surface area contributed by atoms with Crippen LogP contribution in [0.2, 0.25) is 0 Å². The molecule has 4 heteroatoms. The molecule has 2 heterocycles. The predicted molar refractivity (Wildman–Crippen MR) is 81.4 cm³/mol. The molecule has 1 spiro atoms. The first-order valence-corrected chi connectivity index (χ1v) is 6.88. The summed E-state index contributed by atoms with van der Waals surface area (Å²) in [4.78, 5) is 16.2. The number of anilines is 1. The summed E-state index contributed by atoms with van der Waals surface area (Å²) < 4.78 is 0. The number of nitrogens with two attached hydrogens (primary N) is 1. The highest BCUT2D eigenvalue weighted by Crippen LogP contribution is 2.47. The second-order valence-electron chi connectivity index (χ2n) is 5.17. The van der Waals surface area contributed by atoms with Gasteiger partial charge in [-0.25, -0.2) is 4.98 Å². The lowest BCUT2D eigenvalue weighted by molar-refractivity contribution is -0.120. The zero-order valence-electron chi connectivity index (χ0n) is 12.0. The minimum atomic E-state index is -0.353. The Morgan fingerprint density at radius 1 is 1.55 bits per heavy atom. The van der Waals surface area contributed by atoms with E-state index in [2.05, 4.69) is 23.3 Å². The minimum absolute atomic E-state index is 0.101. The first-order chi connectivity index (χ1) is 9.64. The second-order valence-corrected chi connectivity index (χ2v) is 5.17. The van der Waals surface area contributed by atoms with Gasteiger partial charge in [0.15, 0.2) is 0 Å². The number of carbonyl (C=O) groups is 1. The largest absolute Gasteiger partial charge is 0.327 e. The quantitative estimate of drug-likeness (QED) is 0.771. The van der Waals surface area contributed by atoms with Gasteiger partial charge in [-0.1, -0.05) is 29.9 Å². The lowest BCUT2D eigenvalue weighted by atomic mass is 9.79. The Kier molecular flexibility index (Phi) is 4.35. The van der Waals surface area contributed by atoms with Crippen LogP contribution in [0.15, 0.2) is 42.1 Å². The van der Waals surface area contributed by atoms with Gasteiger partial charge in [-0.05, 0) is 32.8 Å². The molecule has 1 aliphatic heterocycles. The molecule has 1 aromatic heterocycles. The molecule has 0 fully saturated rings. The maximum Gasteiger partial charge on any atom is 0.236 e. The van der Waals surface area contributed by atoms with Crippen LogP contribution in [0.3, 0.4) is 0 Å². The van der Waals surface area contributed by atoms with Gasteiger partial charge in [0.25, 0.3) is 0 Å². The first kappa shape index (κ1) is 14.5. The van der Waals surface area contributed by atoms with Crippen LogP contribution in [0.25, 0.3) is 0 Å². The molecular formula is C16H21N3O. The highest BCUT2D eigenvalue weighted by Gasteiger charge is 2.48. The van der Waals surface area contributed by atoms with E-state index < -0.39 is 0 Å². The summed E-state index contributed by atoms with van der Waals surface area (Å²) in [6.07, 6.45) is 9.34. The summed E-state index contributed by atoms with van der Waals surface area (Å²) in [5, 5.41) is 2.87. The molecule has 106 valence electrons. The molecule has 0 saturated carbocycles. The van der Waals surface area contributed by atoms with Gasteiger partial charge in [0.05, 0.1) is 5.41 Å². The van der Waals surface area contributed by atoms with Gasteiger partial charge >= 0.3 is 0 Å². The van der Waals surface area contributed by atoms with Crippen molar-refractivity contribution >= 4 is 11.7 Å². The average Bonchev–Trinajstić information content (AvgIpc) is 2.95. The van der Waals surface area contributed by atoms with Gasteiger partial charge in [0.2, 0.25) is 5.91 Å². The molecule has 4 nitrogen and oxygen atoms in total. The normalized spacial score (nSPS) is 23.4. The molecule has 2 aliphatic rings. The standard InChI is InChI=1S/C12H12N2O.C4H9N/c1-8-4-5-12(7-8)9-3-2-6-13-10(9)14-11(12)15;1-2-3-4-5/h2-4,6H,5,7H2,1H3,(H,13,14,15);2-3H,4-5H2,1H3/b;3-2-. The third-order valence-corrected chi connectivity index (χ3v) is 3.74. The van der Waals surface area contributed by atoms with Crippen molar-refractivity contribution < 1.29 is 4.79 Å². The molecule has 3 rings (SSSR count). The molecule has 0 saturated heterocycles. The van der Waals surface area contributed by atoms with Gasteiger partial charge in [0.1, 0.15) is 5.82 Å². The van der Waals surface area contributed by atoms with Gasteiger partial charge in [-0.2, -0.15) is 0 Å². The van der Waals surface area contributed by atoms with Crippen molar-refractivity contribution in [3.63, 3.8) is 0 Å². The van der Waals surface area contributed by atoms with E-state index in [1.54, 1.807) is 6.20 Å². The fourth-order valence-electron chi connectivity index (χ4n) is 2.72. The van der Waals surface area contributed by atoms with E-state index in [0.29, 0.717) is 6.54 Å². The van der Waals surface area contributed by atoms with Crippen molar-refractivity contribution in [2.24, 2.45) is 5.73 Å². The molecule has 20 heavy (non-hydrogen) atoms. The Morgan fingerprint density at radius 2 is 2.35 bits per heavy atom. The number of fused-ring (bicyclic) bond motifs is 2. The highest BCUT2D eigenvalue weighted by molar-refractivity contribution is 6.05. The predicted octanol–water partition coefficient (Wildman–Crippen LogP) is 2.53. The number of allylic oxidation sites excluding steroid dienone is 3. The Bertz CT molecular complexity index is 563. The van der Waals surface area contributed by atoms with Crippen LogP contribution in [-0.2, 0) is 10.2 Å². The summed E-state index contributed by atoms with van der Waals surface area (Å²) in [7, 11) is 0. The molecule has 1 aromatic rings. The molecule has 0 radical (unpaired) electrons. The van der Waals surface area contributed by atoms with E-state index in [0.717, 1.165) is 24.2 Å². The first-order valence-electron chi connectivity index (χ1n) is 6.88. The van der Waals surface area contributed by atoms with Gasteiger partial charge < -0.3 is 11.1 Å². The monoisotopic (exact) mass is 271 g/mol. The maximum atomic E-state index is 12.0. The number of carbonyl (C=O) groups excluding carboxylic acids is 1. The van der Waals surface area contributed by atoms with Crippen molar-refractivity contribution in [1.29, 1.82) is 0 Å². The summed E-state index contributed by atoms with van der Waals surface area (Å²) in [5.41, 5.74) is 7.05. The Balaban J connectivity index is 0.000000257. The Morgan fingerprint density at radius 3 is 2.90 bits per heavy atom. The van der Waals surface area contributed by atoms with E-state index in [9.17, 15) is 4.79 Å². The van der Waals surface area contributed by atoms with E-state index in [1.807, 2.05) is 31.2 Å². The van der Waals surface area contributed by atoms with Crippen LogP contribution >= 0.6 is 0 Å². The van der Waals surface area contributed by atoms with Crippen LogP contribution in [0.5, 0.6) is 0 Å². The number of aromatic nitrogens is 1. The van der Waals surface area contributed by atoms with Gasteiger partial charge in [-0.3, -0.25) is 4.79 Å².